The lowest BCUT2D eigenvalue weighted by molar-refractivity contribution is -0.141. The van der Waals surface area contributed by atoms with Gasteiger partial charge >= 0.3 is 21.5 Å². The molecule has 0 aromatic carbocycles. The monoisotopic (exact) mass is 261 g/mol. The average Bonchev–Trinajstić information content (AvgIpc) is 2.11. The zero-order chi connectivity index (χ0) is 13.1. The fourth-order valence-electron chi connectivity index (χ4n) is 0.519. The SMILES string of the molecule is C=C(C)C(=O)OCN(C)S(=O)(=O)C(F)(F)F. The Morgan fingerprint density at radius 2 is 1.88 bits per heavy atom. The largest absolute Gasteiger partial charge is 0.511 e. The summed E-state index contributed by atoms with van der Waals surface area (Å²) in [4.78, 5) is 10.8. The van der Waals surface area contributed by atoms with Crippen LogP contribution in [0.15, 0.2) is 12.2 Å². The third-order valence-electron chi connectivity index (χ3n) is 1.43. The van der Waals surface area contributed by atoms with Crippen LogP contribution >= 0.6 is 0 Å². The zero-order valence-corrected chi connectivity index (χ0v) is 9.35. The molecular formula is C7H10F3NO4S. The summed E-state index contributed by atoms with van der Waals surface area (Å²) in [6, 6.07) is 0. The number of halogens is 3. The minimum atomic E-state index is -5.47. The first-order valence-electron chi connectivity index (χ1n) is 3.85. The van der Waals surface area contributed by atoms with Gasteiger partial charge in [0.25, 0.3) is 0 Å². The van der Waals surface area contributed by atoms with Crippen LogP contribution in [0.1, 0.15) is 6.92 Å². The molecule has 0 saturated heterocycles. The van der Waals surface area contributed by atoms with Crippen LogP contribution in [0, 0.1) is 0 Å². The van der Waals surface area contributed by atoms with Gasteiger partial charge in [0.1, 0.15) is 0 Å². The Bertz CT molecular complexity index is 387. The molecule has 0 radical (unpaired) electrons. The number of hydrogen-bond acceptors (Lipinski definition) is 4. The smallest absolute Gasteiger partial charge is 0.445 e. The van der Waals surface area contributed by atoms with Gasteiger partial charge in [-0.2, -0.15) is 17.5 Å². The van der Waals surface area contributed by atoms with E-state index in [1.165, 1.54) is 6.92 Å². The van der Waals surface area contributed by atoms with Gasteiger partial charge in [-0.1, -0.05) is 6.58 Å². The molecule has 16 heavy (non-hydrogen) atoms. The van der Waals surface area contributed by atoms with E-state index in [1.54, 1.807) is 0 Å². The average molecular weight is 261 g/mol. The molecule has 9 heteroatoms. The Morgan fingerprint density at radius 3 is 2.19 bits per heavy atom. The molecule has 0 rings (SSSR count). The molecule has 0 amide bonds. The van der Waals surface area contributed by atoms with E-state index in [-0.39, 0.29) is 9.88 Å². The van der Waals surface area contributed by atoms with E-state index in [0.717, 1.165) is 0 Å². The van der Waals surface area contributed by atoms with E-state index in [1.807, 2.05) is 0 Å². The standard InChI is InChI=1S/C7H10F3NO4S/c1-5(2)6(12)15-4-11(3)16(13,14)7(8,9)10/h1,4H2,2-3H3. The fraction of sp³-hybridized carbons (Fsp3) is 0.571. The molecule has 0 atom stereocenters. The summed E-state index contributed by atoms with van der Waals surface area (Å²) in [6.07, 6.45) is 0. The van der Waals surface area contributed by atoms with Gasteiger partial charge in [-0.3, -0.25) is 0 Å². The van der Waals surface area contributed by atoms with Crippen molar-refractivity contribution in [2.24, 2.45) is 0 Å². The Kier molecular flexibility index (Phi) is 4.50. The Balaban J connectivity index is 4.56. The van der Waals surface area contributed by atoms with Crippen LogP contribution in [0.4, 0.5) is 13.2 Å². The number of carbonyl (C=O) groups is 1. The van der Waals surface area contributed by atoms with E-state index < -0.39 is 28.2 Å². The molecule has 0 aromatic rings. The molecule has 0 bridgehead atoms. The molecule has 0 aliphatic carbocycles. The van der Waals surface area contributed by atoms with Crippen molar-refractivity contribution >= 4 is 16.0 Å². The Hall–Kier alpha value is -1.09. The summed E-state index contributed by atoms with van der Waals surface area (Å²) < 4.78 is 61.5. The molecule has 0 unspecified atom stereocenters. The highest BCUT2D eigenvalue weighted by molar-refractivity contribution is 7.89. The number of hydrogen-bond donors (Lipinski definition) is 0. The second-order valence-electron chi connectivity index (χ2n) is 2.89. The molecule has 0 aromatic heterocycles. The molecule has 0 saturated carbocycles. The van der Waals surface area contributed by atoms with Gasteiger partial charge in [0.15, 0.2) is 6.73 Å². The maximum Gasteiger partial charge on any atom is 0.511 e. The molecule has 0 N–H and O–H groups in total. The summed E-state index contributed by atoms with van der Waals surface area (Å²) >= 11 is 0. The van der Waals surface area contributed by atoms with Crippen LogP contribution in [0.25, 0.3) is 0 Å². The number of rotatable bonds is 4. The van der Waals surface area contributed by atoms with Gasteiger partial charge in [0, 0.05) is 12.6 Å². The number of ether oxygens (including phenoxy) is 1. The van der Waals surface area contributed by atoms with Crippen LogP contribution < -0.4 is 0 Å². The first kappa shape index (κ1) is 14.9. The third kappa shape index (κ3) is 3.49. The van der Waals surface area contributed by atoms with Crippen molar-refractivity contribution in [1.82, 2.24) is 4.31 Å². The molecule has 5 nitrogen and oxygen atoms in total. The predicted molar refractivity (Wildman–Crippen MR) is 48.5 cm³/mol. The van der Waals surface area contributed by atoms with Crippen molar-refractivity contribution in [1.29, 1.82) is 0 Å². The second kappa shape index (κ2) is 4.83. The molecule has 0 aliphatic rings. The van der Waals surface area contributed by atoms with Gasteiger partial charge in [-0.25, -0.2) is 13.2 Å². The maximum atomic E-state index is 12.0. The van der Waals surface area contributed by atoms with Gasteiger partial charge in [0.05, 0.1) is 0 Å². The van der Waals surface area contributed by atoms with Gasteiger partial charge < -0.3 is 4.74 Å². The summed E-state index contributed by atoms with van der Waals surface area (Å²) in [6.45, 7) is 3.44. The van der Waals surface area contributed by atoms with Crippen molar-refractivity contribution in [2.45, 2.75) is 12.4 Å². The van der Waals surface area contributed by atoms with Gasteiger partial charge in [-0.05, 0) is 6.92 Å². The highest BCUT2D eigenvalue weighted by Crippen LogP contribution is 2.25. The summed E-state index contributed by atoms with van der Waals surface area (Å²) in [5.74, 6) is -0.968. The van der Waals surface area contributed by atoms with E-state index in [9.17, 15) is 26.4 Å². The highest BCUT2D eigenvalue weighted by Gasteiger charge is 2.49. The summed E-state index contributed by atoms with van der Waals surface area (Å²) in [5, 5.41) is 0. The first-order valence-corrected chi connectivity index (χ1v) is 5.29. The molecule has 94 valence electrons. The predicted octanol–water partition coefficient (Wildman–Crippen LogP) is 0.845. The minimum absolute atomic E-state index is 0.0437. The number of carbonyl (C=O) groups excluding carboxylic acids is 1. The normalized spacial score (nSPS) is 12.6. The van der Waals surface area contributed by atoms with Gasteiger partial charge in [0.2, 0.25) is 0 Å². The molecule has 0 fully saturated rings. The molecule has 0 aliphatic heterocycles. The maximum absolute atomic E-state index is 12.0. The van der Waals surface area contributed by atoms with Crippen molar-refractivity contribution in [2.75, 3.05) is 13.8 Å². The van der Waals surface area contributed by atoms with Crippen LogP contribution in [0.3, 0.4) is 0 Å². The van der Waals surface area contributed by atoms with E-state index >= 15 is 0 Å². The topological polar surface area (TPSA) is 63.7 Å². The van der Waals surface area contributed by atoms with Crippen LogP contribution in [0.5, 0.6) is 0 Å². The third-order valence-corrected chi connectivity index (χ3v) is 2.94. The molecular weight excluding hydrogens is 251 g/mol. The van der Waals surface area contributed by atoms with Crippen molar-refractivity contribution in [3.05, 3.63) is 12.2 Å². The van der Waals surface area contributed by atoms with E-state index in [4.69, 9.17) is 0 Å². The highest BCUT2D eigenvalue weighted by atomic mass is 32.2. The lowest BCUT2D eigenvalue weighted by Crippen LogP contribution is -2.39. The number of esters is 1. The fourth-order valence-corrected chi connectivity index (χ4v) is 1.06. The number of nitrogens with zero attached hydrogens (tertiary/aromatic N) is 1. The van der Waals surface area contributed by atoms with Crippen molar-refractivity contribution in [3.63, 3.8) is 0 Å². The van der Waals surface area contributed by atoms with Crippen molar-refractivity contribution in [3.8, 4) is 0 Å². The zero-order valence-electron chi connectivity index (χ0n) is 8.54. The van der Waals surface area contributed by atoms with Crippen LogP contribution in [-0.2, 0) is 19.6 Å². The van der Waals surface area contributed by atoms with E-state index in [2.05, 4.69) is 11.3 Å². The van der Waals surface area contributed by atoms with Gasteiger partial charge in [-0.15, -0.1) is 0 Å². The molecule has 0 spiro atoms. The Morgan fingerprint density at radius 1 is 1.44 bits per heavy atom. The quantitative estimate of drug-likeness (QED) is 0.427. The van der Waals surface area contributed by atoms with Crippen LogP contribution in [-0.4, -0.2) is 38.0 Å². The second-order valence-corrected chi connectivity index (χ2v) is 4.93. The molecule has 0 heterocycles. The van der Waals surface area contributed by atoms with E-state index in [0.29, 0.717) is 7.05 Å². The first-order chi connectivity index (χ1) is 7.00. The lowest BCUT2D eigenvalue weighted by Gasteiger charge is -2.18. The Labute approximate surface area is 90.5 Å². The number of sulfonamides is 1. The number of alkyl halides is 3. The van der Waals surface area contributed by atoms with Crippen LogP contribution in [0.2, 0.25) is 0 Å². The van der Waals surface area contributed by atoms with Crippen molar-refractivity contribution < 1.29 is 31.1 Å². The lowest BCUT2D eigenvalue weighted by atomic mass is 10.4. The summed E-state index contributed by atoms with van der Waals surface area (Å²) in [7, 11) is -4.82. The minimum Gasteiger partial charge on any atom is -0.445 e. The summed E-state index contributed by atoms with van der Waals surface area (Å²) in [5.41, 5.74) is -5.46.